The molecule has 0 aromatic heterocycles. The van der Waals surface area contributed by atoms with Crippen molar-refractivity contribution in [1.82, 2.24) is 0 Å². The van der Waals surface area contributed by atoms with E-state index in [1.807, 2.05) is 0 Å². The Morgan fingerprint density at radius 2 is 1.89 bits per heavy atom. The lowest BCUT2D eigenvalue weighted by Gasteiger charge is -2.16. The van der Waals surface area contributed by atoms with Gasteiger partial charge >= 0.3 is 7.60 Å². The van der Waals surface area contributed by atoms with Gasteiger partial charge in [0.25, 0.3) is 5.69 Å². The molecule has 0 unspecified atom stereocenters. The van der Waals surface area contributed by atoms with Crippen molar-refractivity contribution in [2.45, 2.75) is 20.0 Å². The predicted molar refractivity (Wildman–Crippen MR) is 67.6 cm³/mol. The molecule has 0 spiro atoms. The van der Waals surface area contributed by atoms with E-state index in [2.05, 4.69) is 0 Å². The van der Waals surface area contributed by atoms with Crippen LogP contribution in [0.1, 0.15) is 19.4 Å². The third-order valence-corrected chi connectivity index (χ3v) is 4.29. The largest absolute Gasteiger partial charge is 0.335 e. The minimum atomic E-state index is -3.45. The zero-order valence-corrected chi connectivity index (χ0v) is 11.6. The molecule has 19 heavy (non-hydrogen) atoms. The molecule has 0 heterocycles. The molecular formula is C11H15FNO5P. The smallest absolute Gasteiger partial charge is 0.309 e. The van der Waals surface area contributed by atoms with Gasteiger partial charge in [-0.1, -0.05) is 0 Å². The Morgan fingerprint density at radius 3 is 2.37 bits per heavy atom. The molecule has 0 aliphatic carbocycles. The van der Waals surface area contributed by atoms with Crippen LogP contribution < -0.4 is 0 Å². The number of benzene rings is 1. The van der Waals surface area contributed by atoms with Crippen LogP contribution in [0, 0.1) is 15.9 Å². The molecule has 0 fully saturated rings. The number of rotatable bonds is 7. The van der Waals surface area contributed by atoms with Crippen molar-refractivity contribution in [1.29, 1.82) is 0 Å². The van der Waals surface area contributed by atoms with Crippen LogP contribution in [0.15, 0.2) is 18.2 Å². The Morgan fingerprint density at radius 1 is 1.32 bits per heavy atom. The molecule has 0 radical (unpaired) electrons. The second-order valence-electron chi connectivity index (χ2n) is 3.63. The van der Waals surface area contributed by atoms with Gasteiger partial charge in [0.1, 0.15) is 5.82 Å². The van der Waals surface area contributed by atoms with Crippen LogP contribution in [0.25, 0.3) is 0 Å². The molecule has 1 aromatic rings. The highest BCUT2D eigenvalue weighted by atomic mass is 31.2. The fourth-order valence-electron chi connectivity index (χ4n) is 1.57. The average Bonchev–Trinajstić information content (AvgIpc) is 2.31. The van der Waals surface area contributed by atoms with Crippen molar-refractivity contribution in [2.75, 3.05) is 13.2 Å². The first-order valence-corrected chi connectivity index (χ1v) is 7.45. The molecule has 0 atom stereocenters. The van der Waals surface area contributed by atoms with Crippen LogP contribution in [0.4, 0.5) is 10.1 Å². The SMILES string of the molecule is CCOP(=O)(Cc1ccc(F)cc1[N+](=O)[O-])OCC. The van der Waals surface area contributed by atoms with E-state index in [0.717, 1.165) is 12.1 Å². The highest BCUT2D eigenvalue weighted by molar-refractivity contribution is 7.53. The van der Waals surface area contributed by atoms with Crippen LogP contribution in [0.3, 0.4) is 0 Å². The van der Waals surface area contributed by atoms with Crippen molar-refractivity contribution in [3.05, 3.63) is 39.7 Å². The lowest BCUT2D eigenvalue weighted by Crippen LogP contribution is -2.02. The Bertz CT molecular complexity index is 498. The average molecular weight is 291 g/mol. The molecule has 1 aromatic carbocycles. The van der Waals surface area contributed by atoms with E-state index in [-0.39, 0.29) is 24.9 Å². The number of halogens is 1. The van der Waals surface area contributed by atoms with Gasteiger partial charge in [0.05, 0.1) is 30.4 Å². The molecule has 6 nitrogen and oxygen atoms in total. The van der Waals surface area contributed by atoms with E-state index in [1.165, 1.54) is 6.07 Å². The van der Waals surface area contributed by atoms with Gasteiger partial charge < -0.3 is 9.05 Å². The van der Waals surface area contributed by atoms with E-state index in [4.69, 9.17) is 9.05 Å². The maximum absolute atomic E-state index is 13.0. The van der Waals surface area contributed by atoms with Gasteiger partial charge in [0.15, 0.2) is 0 Å². The fraction of sp³-hybridized carbons (Fsp3) is 0.455. The Kier molecular flexibility index (Phi) is 5.60. The maximum atomic E-state index is 13.0. The lowest BCUT2D eigenvalue weighted by molar-refractivity contribution is -0.385. The first kappa shape index (κ1) is 15.8. The summed E-state index contributed by atoms with van der Waals surface area (Å²) in [4.78, 5) is 10.1. The minimum Gasteiger partial charge on any atom is -0.309 e. The Balaban J connectivity index is 3.09. The summed E-state index contributed by atoms with van der Waals surface area (Å²) >= 11 is 0. The van der Waals surface area contributed by atoms with Crippen molar-refractivity contribution in [3.63, 3.8) is 0 Å². The van der Waals surface area contributed by atoms with Gasteiger partial charge in [-0.25, -0.2) is 4.39 Å². The van der Waals surface area contributed by atoms with Gasteiger partial charge in [0.2, 0.25) is 0 Å². The molecule has 0 saturated heterocycles. The molecular weight excluding hydrogens is 276 g/mol. The molecule has 0 saturated carbocycles. The van der Waals surface area contributed by atoms with Crippen molar-refractivity contribution in [2.24, 2.45) is 0 Å². The Hall–Kier alpha value is -1.30. The number of hydrogen-bond donors (Lipinski definition) is 0. The maximum Gasteiger partial charge on any atom is 0.335 e. The monoisotopic (exact) mass is 291 g/mol. The first-order chi connectivity index (χ1) is 8.91. The normalized spacial score (nSPS) is 11.5. The zero-order chi connectivity index (χ0) is 14.5. The summed E-state index contributed by atoms with van der Waals surface area (Å²) in [5.41, 5.74) is -0.309. The molecule has 0 bridgehead atoms. The molecule has 1 rings (SSSR count). The summed E-state index contributed by atoms with van der Waals surface area (Å²) in [5.74, 6) is -0.724. The summed E-state index contributed by atoms with van der Waals surface area (Å²) in [6.07, 6.45) is -0.259. The third kappa shape index (κ3) is 4.38. The van der Waals surface area contributed by atoms with E-state index in [1.54, 1.807) is 13.8 Å². The molecule has 8 heteroatoms. The van der Waals surface area contributed by atoms with E-state index >= 15 is 0 Å². The Labute approximate surface area is 110 Å². The van der Waals surface area contributed by atoms with Crippen LogP contribution in [-0.4, -0.2) is 18.1 Å². The summed E-state index contributed by atoms with van der Waals surface area (Å²) < 4.78 is 35.4. The van der Waals surface area contributed by atoms with Crippen LogP contribution in [0.2, 0.25) is 0 Å². The van der Waals surface area contributed by atoms with E-state index in [9.17, 15) is 19.1 Å². The van der Waals surface area contributed by atoms with Crippen LogP contribution in [-0.2, 0) is 19.8 Å². The number of hydrogen-bond acceptors (Lipinski definition) is 5. The van der Waals surface area contributed by atoms with Crippen molar-refractivity contribution >= 4 is 13.3 Å². The van der Waals surface area contributed by atoms with E-state index < -0.39 is 24.0 Å². The molecule has 0 aliphatic heterocycles. The van der Waals surface area contributed by atoms with Gasteiger partial charge in [-0.2, -0.15) is 0 Å². The number of nitro groups is 1. The third-order valence-electron chi connectivity index (χ3n) is 2.26. The second-order valence-corrected chi connectivity index (χ2v) is 5.69. The second kappa shape index (κ2) is 6.75. The lowest BCUT2D eigenvalue weighted by atomic mass is 10.2. The predicted octanol–water partition coefficient (Wildman–Crippen LogP) is 3.50. The van der Waals surface area contributed by atoms with Gasteiger partial charge in [-0.05, 0) is 26.0 Å². The van der Waals surface area contributed by atoms with Crippen LogP contribution >= 0.6 is 7.60 Å². The highest BCUT2D eigenvalue weighted by Crippen LogP contribution is 2.52. The fourth-order valence-corrected chi connectivity index (χ4v) is 3.30. The summed E-state index contributed by atoms with van der Waals surface area (Å²) in [5, 5.41) is 10.8. The molecule has 0 amide bonds. The minimum absolute atomic E-state index is 0.122. The molecule has 0 aliphatic rings. The van der Waals surface area contributed by atoms with Gasteiger partial charge in [-0.15, -0.1) is 0 Å². The van der Waals surface area contributed by atoms with Crippen molar-refractivity contribution in [3.8, 4) is 0 Å². The van der Waals surface area contributed by atoms with Crippen LogP contribution in [0.5, 0.6) is 0 Å². The van der Waals surface area contributed by atoms with E-state index in [0.29, 0.717) is 0 Å². The van der Waals surface area contributed by atoms with Gasteiger partial charge in [-0.3, -0.25) is 14.7 Å². The number of nitro benzene ring substituents is 1. The summed E-state index contributed by atoms with van der Waals surface area (Å²) in [6, 6.07) is 3.08. The topological polar surface area (TPSA) is 78.7 Å². The first-order valence-electron chi connectivity index (χ1n) is 5.72. The van der Waals surface area contributed by atoms with Crippen molar-refractivity contribution < 1.29 is 22.9 Å². The van der Waals surface area contributed by atoms with Gasteiger partial charge in [0, 0.05) is 5.56 Å². The molecule has 0 N–H and O–H groups in total. The summed E-state index contributed by atoms with van der Waals surface area (Å²) in [7, 11) is -3.45. The molecule has 106 valence electrons. The highest BCUT2D eigenvalue weighted by Gasteiger charge is 2.28. The number of nitrogens with zero attached hydrogens (tertiary/aromatic N) is 1. The quantitative estimate of drug-likeness (QED) is 0.436. The standard InChI is InChI=1S/C11H15FNO5P/c1-3-17-19(16,18-4-2)8-9-5-6-10(12)7-11(9)13(14)15/h5-7H,3-4,8H2,1-2H3. The zero-order valence-electron chi connectivity index (χ0n) is 10.7. The summed E-state index contributed by atoms with van der Waals surface area (Å²) in [6.45, 7) is 3.61.